The molecule has 0 spiro atoms. The number of hydrogen-bond acceptors (Lipinski definition) is 8. The molecule has 144 valence electrons. The monoisotopic (exact) mass is 371 g/mol. The van der Waals surface area contributed by atoms with E-state index in [4.69, 9.17) is 4.74 Å². The van der Waals surface area contributed by atoms with Crippen molar-refractivity contribution < 1.29 is 9.53 Å². The maximum atomic E-state index is 11.8. The first-order valence-corrected chi connectivity index (χ1v) is 8.97. The molecule has 1 fully saturated rings. The molecule has 1 amide bonds. The largest absolute Gasteiger partial charge is 0.450 e. The van der Waals surface area contributed by atoms with Crippen LogP contribution in [0.5, 0.6) is 0 Å². The number of piperazine rings is 1. The van der Waals surface area contributed by atoms with Crippen LogP contribution in [0.4, 0.5) is 27.9 Å². The van der Waals surface area contributed by atoms with Crippen molar-refractivity contribution in [1.29, 1.82) is 0 Å². The molecule has 3 rings (SSSR count). The van der Waals surface area contributed by atoms with Crippen LogP contribution in [-0.2, 0) is 4.74 Å². The molecule has 1 N–H and O–H groups in total. The number of nitrogens with zero attached hydrogens (tertiary/aromatic N) is 6. The summed E-state index contributed by atoms with van der Waals surface area (Å²) in [6.07, 6.45) is 1.38. The molecule has 0 unspecified atom stereocenters. The van der Waals surface area contributed by atoms with Crippen LogP contribution in [0.1, 0.15) is 6.92 Å². The second-order valence-corrected chi connectivity index (χ2v) is 6.38. The molecule has 0 saturated carbocycles. The zero-order chi connectivity index (χ0) is 19.2. The van der Waals surface area contributed by atoms with Crippen molar-refractivity contribution in [3.8, 4) is 0 Å². The number of rotatable bonds is 5. The Balaban J connectivity index is 1.61. The van der Waals surface area contributed by atoms with E-state index >= 15 is 0 Å². The summed E-state index contributed by atoms with van der Waals surface area (Å²) in [5.41, 5.74) is 2.01. The molecule has 27 heavy (non-hydrogen) atoms. The maximum Gasteiger partial charge on any atom is 0.409 e. The molecule has 1 aliphatic heterocycles. The molecular weight excluding hydrogens is 346 g/mol. The van der Waals surface area contributed by atoms with Gasteiger partial charge in [0.1, 0.15) is 0 Å². The van der Waals surface area contributed by atoms with Crippen molar-refractivity contribution in [2.24, 2.45) is 0 Å². The summed E-state index contributed by atoms with van der Waals surface area (Å²) in [6, 6.07) is 8.00. The van der Waals surface area contributed by atoms with Gasteiger partial charge in [0.2, 0.25) is 5.95 Å². The summed E-state index contributed by atoms with van der Waals surface area (Å²) in [5, 5.41) is 11.3. The van der Waals surface area contributed by atoms with Gasteiger partial charge in [0.05, 0.1) is 12.8 Å². The summed E-state index contributed by atoms with van der Waals surface area (Å²) in [5.74, 6) is 1.18. The average molecular weight is 371 g/mol. The molecule has 2 heterocycles. The average Bonchev–Trinajstić information content (AvgIpc) is 2.69. The number of benzene rings is 1. The molecule has 1 aromatic carbocycles. The minimum Gasteiger partial charge on any atom is -0.450 e. The Morgan fingerprint density at radius 1 is 1.19 bits per heavy atom. The van der Waals surface area contributed by atoms with E-state index in [2.05, 4.69) is 25.4 Å². The van der Waals surface area contributed by atoms with Crippen molar-refractivity contribution in [1.82, 2.24) is 20.1 Å². The van der Waals surface area contributed by atoms with Crippen LogP contribution in [0.2, 0.25) is 0 Å². The highest BCUT2D eigenvalue weighted by molar-refractivity contribution is 5.68. The third kappa shape index (κ3) is 4.75. The number of carbonyl (C=O) groups is 1. The molecular formula is C18H25N7O2. The van der Waals surface area contributed by atoms with E-state index in [1.165, 1.54) is 0 Å². The highest BCUT2D eigenvalue weighted by Gasteiger charge is 2.23. The summed E-state index contributed by atoms with van der Waals surface area (Å²) in [7, 11) is 4.00. The Labute approximate surface area is 158 Å². The number of hydrogen-bond donors (Lipinski definition) is 1. The van der Waals surface area contributed by atoms with E-state index in [1.807, 2.05) is 50.2 Å². The Morgan fingerprint density at radius 2 is 1.89 bits per heavy atom. The maximum absolute atomic E-state index is 11.8. The SMILES string of the molecule is CCOC(=O)N1CCN(c2cnnc(Nc3ccc(N(C)C)cc3)n2)CC1. The molecule has 0 radical (unpaired) electrons. The first-order valence-electron chi connectivity index (χ1n) is 8.97. The Morgan fingerprint density at radius 3 is 2.52 bits per heavy atom. The van der Waals surface area contributed by atoms with E-state index in [9.17, 15) is 4.79 Å². The van der Waals surface area contributed by atoms with E-state index < -0.39 is 0 Å². The molecule has 0 bridgehead atoms. The van der Waals surface area contributed by atoms with Crippen LogP contribution in [0.25, 0.3) is 0 Å². The number of anilines is 4. The molecule has 2 aromatic rings. The zero-order valence-corrected chi connectivity index (χ0v) is 15.9. The number of amides is 1. The van der Waals surface area contributed by atoms with Gasteiger partial charge in [-0.25, -0.2) is 4.79 Å². The Hall–Kier alpha value is -3.10. The van der Waals surface area contributed by atoms with E-state index in [-0.39, 0.29) is 6.09 Å². The molecule has 1 saturated heterocycles. The van der Waals surface area contributed by atoms with E-state index in [0.717, 1.165) is 17.2 Å². The van der Waals surface area contributed by atoms with Gasteiger partial charge in [-0.1, -0.05) is 0 Å². The molecule has 0 atom stereocenters. The van der Waals surface area contributed by atoms with Crippen molar-refractivity contribution in [2.75, 3.05) is 62.0 Å². The minimum absolute atomic E-state index is 0.263. The van der Waals surface area contributed by atoms with Crippen LogP contribution in [0, 0.1) is 0 Å². The first-order chi connectivity index (χ1) is 13.1. The second-order valence-electron chi connectivity index (χ2n) is 6.38. The van der Waals surface area contributed by atoms with Crippen molar-refractivity contribution in [2.45, 2.75) is 6.92 Å². The molecule has 9 heteroatoms. The lowest BCUT2D eigenvalue weighted by molar-refractivity contribution is 0.105. The predicted octanol–water partition coefficient (Wildman–Crippen LogP) is 1.96. The van der Waals surface area contributed by atoms with Crippen molar-refractivity contribution in [3.05, 3.63) is 30.5 Å². The Bertz CT molecular complexity index is 759. The van der Waals surface area contributed by atoms with Crippen LogP contribution in [0.3, 0.4) is 0 Å². The summed E-state index contributed by atoms with van der Waals surface area (Å²) in [6.45, 7) is 4.74. The smallest absolute Gasteiger partial charge is 0.409 e. The van der Waals surface area contributed by atoms with Crippen LogP contribution >= 0.6 is 0 Å². The highest BCUT2D eigenvalue weighted by atomic mass is 16.6. The van der Waals surface area contributed by atoms with Gasteiger partial charge in [-0.2, -0.15) is 10.1 Å². The van der Waals surface area contributed by atoms with Crippen LogP contribution in [-0.4, -0.2) is 73.1 Å². The molecule has 0 aliphatic carbocycles. The molecule has 1 aliphatic rings. The highest BCUT2D eigenvalue weighted by Crippen LogP contribution is 2.19. The van der Waals surface area contributed by atoms with Crippen molar-refractivity contribution >= 4 is 29.2 Å². The predicted molar refractivity (Wildman–Crippen MR) is 105 cm³/mol. The number of aromatic nitrogens is 3. The normalized spacial score (nSPS) is 14.0. The number of nitrogens with one attached hydrogen (secondary N) is 1. The van der Waals surface area contributed by atoms with Crippen LogP contribution < -0.4 is 15.1 Å². The standard InChI is InChI=1S/C18H25N7O2/c1-4-27-18(26)25-11-9-24(10-12-25)16-13-19-22-17(21-16)20-14-5-7-15(8-6-14)23(2)3/h5-8,13H,4,9-12H2,1-3H3,(H,20,21,22). The van der Waals surface area contributed by atoms with E-state index in [0.29, 0.717) is 38.7 Å². The van der Waals surface area contributed by atoms with Gasteiger partial charge in [0.15, 0.2) is 5.82 Å². The fourth-order valence-electron chi connectivity index (χ4n) is 2.81. The number of carbonyl (C=O) groups excluding carboxylic acids is 1. The quantitative estimate of drug-likeness (QED) is 0.854. The van der Waals surface area contributed by atoms with Gasteiger partial charge in [0, 0.05) is 51.6 Å². The second kappa shape index (κ2) is 8.52. The fourth-order valence-corrected chi connectivity index (χ4v) is 2.81. The van der Waals surface area contributed by atoms with Gasteiger partial charge in [-0.3, -0.25) is 0 Å². The fraction of sp³-hybridized carbons (Fsp3) is 0.444. The van der Waals surface area contributed by atoms with Crippen molar-refractivity contribution in [3.63, 3.8) is 0 Å². The lowest BCUT2D eigenvalue weighted by Gasteiger charge is -2.34. The lowest BCUT2D eigenvalue weighted by atomic mass is 10.2. The van der Waals surface area contributed by atoms with E-state index in [1.54, 1.807) is 11.1 Å². The van der Waals surface area contributed by atoms with Gasteiger partial charge in [-0.05, 0) is 31.2 Å². The third-order valence-electron chi connectivity index (χ3n) is 4.32. The summed E-state index contributed by atoms with van der Waals surface area (Å²) in [4.78, 5) is 22.2. The molecule has 1 aromatic heterocycles. The van der Waals surface area contributed by atoms with Gasteiger partial charge in [-0.15, -0.1) is 5.10 Å². The van der Waals surface area contributed by atoms with Gasteiger partial charge < -0.3 is 24.8 Å². The van der Waals surface area contributed by atoms with Crippen LogP contribution in [0.15, 0.2) is 30.5 Å². The third-order valence-corrected chi connectivity index (χ3v) is 4.32. The zero-order valence-electron chi connectivity index (χ0n) is 15.9. The number of ether oxygens (including phenoxy) is 1. The van der Waals surface area contributed by atoms with Gasteiger partial charge >= 0.3 is 6.09 Å². The summed E-state index contributed by atoms with van der Waals surface area (Å²) < 4.78 is 5.05. The topological polar surface area (TPSA) is 86.7 Å². The first kappa shape index (κ1) is 18.7. The Kier molecular flexibility index (Phi) is 5.90. The minimum atomic E-state index is -0.263. The summed E-state index contributed by atoms with van der Waals surface area (Å²) >= 11 is 0. The molecule has 9 nitrogen and oxygen atoms in total. The van der Waals surface area contributed by atoms with Gasteiger partial charge in [0.25, 0.3) is 0 Å². The lowest BCUT2D eigenvalue weighted by Crippen LogP contribution is -2.49.